The number of hydrogen-bond donors (Lipinski definition) is 4. The van der Waals surface area contributed by atoms with Crippen molar-refractivity contribution in [3.63, 3.8) is 0 Å². The van der Waals surface area contributed by atoms with Gasteiger partial charge in [-0.3, -0.25) is 0 Å². The van der Waals surface area contributed by atoms with Crippen molar-refractivity contribution in [2.45, 2.75) is 64.2 Å². The van der Waals surface area contributed by atoms with Crippen LogP contribution in [0.25, 0.3) is 4.85 Å². The highest BCUT2D eigenvalue weighted by atomic mass is 16.5. The lowest BCUT2D eigenvalue weighted by Gasteiger charge is -2.31. The van der Waals surface area contributed by atoms with Gasteiger partial charge in [0.1, 0.15) is 11.5 Å². The second-order valence-electron chi connectivity index (χ2n) is 12.3. The molecule has 10 heteroatoms. The Labute approximate surface area is 275 Å². The minimum absolute atomic E-state index is 0.101. The largest absolute Gasteiger partial charge is 0.494 e. The molecule has 0 aliphatic carbocycles. The lowest BCUT2D eigenvalue weighted by Crippen LogP contribution is -2.35. The number of rotatable bonds is 17. The van der Waals surface area contributed by atoms with Gasteiger partial charge in [0.05, 0.1) is 19.8 Å². The SMILES string of the molecule is N/C(=N/O)c1ccc(OCCCN2CCC(CCCO)CC2)cc1.[C-]#[N+]c1ccc(OCCCN2CCC(CCCO)CC2)cc1. The van der Waals surface area contributed by atoms with Crippen molar-refractivity contribution in [2.24, 2.45) is 22.7 Å². The molecule has 2 aromatic carbocycles. The fourth-order valence-electron chi connectivity index (χ4n) is 6.11. The summed E-state index contributed by atoms with van der Waals surface area (Å²) in [6.45, 7) is 15.8. The van der Waals surface area contributed by atoms with E-state index in [-0.39, 0.29) is 5.84 Å². The molecular weight excluding hydrogens is 582 g/mol. The maximum absolute atomic E-state index is 8.89. The van der Waals surface area contributed by atoms with Crippen LogP contribution in [0.3, 0.4) is 0 Å². The van der Waals surface area contributed by atoms with Gasteiger partial charge in [0.15, 0.2) is 11.5 Å². The summed E-state index contributed by atoms with van der Waals surface area (Å²) in [7, 11) is 0. The number of ether oxygens (including phenoxy) is 2. The molecule has 0 bridgehead atoms. The smallest absolute Gasteiger partial charge is 0.187 e. The Morgan fingerprint density at radius 2 is 1.17 bits per heavy atom. The molecule has 10 nitrogen and oxygen atoms in total. The average Bonchev–Trinajstić information content (AvgIpc) is 3.11. The number of aliphatic hydroxyl groups excluding tert-OH is 2. The molecule has 0 unspecified atom stereocenters. The third-order valence-corrected chi connectivity index (χ3v) is 8.95. The van der Waals surface area contributed by atoms with Crippen molar-refractivity contribution < 1.29 is 24.9 Å². The molecule has 4 rings (SSSR count). The predicted octanol–water partition coefficient (Wildman–Crippen LogP) is 5.53. The first kappa shape index (κ1) is 37.1. The van der Waals surface area contributed by atoms with Gasteiger partial charge in [-0.25, -0.2) is 4.85 Å². The molecule has 2 aromatic rings. The normalized spacial score (nSPS) is 16.8. The molecule has 2 aliphatic heterocycles. The molecule has 2 fully saturated rings. The van der Waals surface area contributed by atoms with Crippen LogP contribution in [-0.2, 0) is 0 Å². The Morgan fingerprint density at radius 1 is 0.739 bits per heavy atom. The maximum atomic E-state index is 8.89. The molecule has 0 aromatic heterocycles. The van der Waals surface area contributed by atoms with E-state index in [2.05, 4.69) is 19.8 Å². The van der Waals surface area contributed by atoms with Crippen LogP contribution >= 0.6 is 0 Å². The summed E-state index contributed by atoms with van der Waals surface area (Å²) >= 11 is 0. The minimum atomic E-state index is 0.101. The zero-order chi connectivity index (χ0) is 32.8. The average molecular weight is 638 g/mol. The molecule has 0 spiro atoms. The van der Waals surface area contributed by atoms with Crippen molar-refractivity contribution in [2.75, 3.05) is 65.7 Å². The van der Waals surface area contributed by atoms with Crippen LogP contribution in [-0.4, -0.2) is 96.8 Å². The van der Waals surface area contributed by atoms with E-state index in [1.807, 2.05) is 24.3 Å². The van der Waals surface area contributed by atoms with Crippen LogP contribution < -0.4 is 15.2 Å². The van der Waals surface area contributed by atoms with Crippen LogP contribution in [0.15, 0.2) is 53.7 Å². The highest BCUT2D eigenvalue weighted by Gasteiger charge is 2.19. The molecule has 5 N–H and O–H groups in total. The van der Waals surface area contributed by atoms with E-state index in [0.29, 0.717) is 31.1 Å². The fourth-order valence-corrected chi connectivity index (χ4v) is 6.11. The molecule has 0 radical (unpaired) electrons. The standard InChI is InChI=1S/C18H29N3O3.C18H26N2O2/c19-18(20-23)16-4-6-17(7-5-16)24-14-2-10-21-11-8-15(9-12-21)3-1-13-22;1-19-17-5-7-18(8-6-17)22-15-3-11-20-12-9-16(10-13-20)4-2-14-21/h4-7,15,22-23H,1-3,8-14H2,(H2,19,20);5-8,16,21H,2-4,9-15H2. The van der Waals surface area contributed by atoms with Gasteiger partial charge in [-0.15, -0.1) is 0 Å². The number of oxime groups is 1. The van der Waals surface area contributed by atoms with Crippen molar-refractivity contribution in [3.8, 4) is 11.5 Å². The Balaban J connectivity index is 0.000000251. The highest BCUT2D eigenvalue weighted by Crippen LogP contribution is 2.23. The van der Waals surface area contributed by atoms with Gasteiger partial charge in [0.25, 0.3) is 0 Å². The summed E-state index contributed by atoms with van der Waals surface area (Å²) in [5.41, 5.74) is 6.85. The monoisotopic (exact) mass is 637 g/mol. The number of hydrogen-bond acceptors (Lipinski definition) is 8. The summed E-state index contributed by atoms with van der Waals surface area (Å²) in [6.07, 6.45) is 11.3. The molecular formula is C36H55N5O5. The van der Waals surface area contributed by atoms with Crippen molar-refractivity contribution in [1.82, 2.24) is 9.80 Å². The number of nitrogens with zero attached hydrogens (tertiary/aromatic N) is 4. The Hall–Kier alpha value is -3.36. The van der Waals surface area contributed by atoms with Gasteiger partial charge in [-0.2, -0.15) is 0 Å². The van der Waals surface area contributed by atoms with E-state index in [1.54, 1.807) is 24.3 Å². The lowest BCUT2D eigenvalue weighted by atomic mass is 9.92. The van der Waals surface area contributed by atoms with Crippen LogP contribution in [0.1, 0.15) is 69.8 Å². The van der Waals surface area contributed by atoms with E-state index in [9.17, 15) is 0 Å². The number of likely N-dealkylation sites (tertiary alicyclic amines) is 2. The van der Waals surface area contributed by atoms with Crippen molar-refractivity contribution in [3.05, 3.63) is 65.5 Å². The van der Waals surface area contributed by atoms with Crippen LogP contribution in [0.4, 0.5) is 5.69 Å². The van der Waals surface area contributed by atoms with Crippen molar-refractivity contribution >= 4 is 11.5 Å². The Kier molecular flexibility index (Phi) is 17.9. The third kappa shape index (κ3) is 14.4. The van der Waals surface area contributed by atoms with Gasteiger partial charge in [0.2, 0.25) is 0 Å². The second-order valence-corrected chi connectivity index (χ2v) is 12.3. The summed E-state index contributed by atoms with van der Waals surface area (Å²) in [6, 6.07) is 14.5. The Bertz CT molecular complexity index is 1140. The van der Waals surface area contributed by atoms with Gasteiger partial charge in [-0.1, -0.05) is 17.3 Å². The molecule has 254 valence electrons. The van der Waals surface area contributed by atoms with Crippen LogP contribution in [0.5, 0.6) is 11.5 Å². The summed E-state index contributed by atoms with van der Waals surface area (Å²) in [5, 5.41) is 29.4. The van der Waals surface area contributed by atoms with Gasteiger partial charge < -0.3 is 40.4 Å². The minimum Gasteiger partial charge on any atom is -0.494 e. The summed E-state index contributed by atoms with van der Waals surface area (Å²) in [5.74, 6) is 3.34. The summed E-state index contributed by atoms with van der Waals surface area (Å²) in [4.78, 5) is 8.38. The molecule has 0 atom stereocenters. The molecule has 2 aliphatic rings. The fraction of sp³-hybridized carbons (Fsp3) is 0.611. The molecule has 0 amide bonds. The summed E-state index contributed by atoms with van der Waals surface area (Å²) < 4.78 is 11.5. The highest BCUT2D eigenvalue weighted by molar-refractivity contribution is 5.97. The van der Waals surface area contributed by atoms with E-state index < -0.39 is 0 Å². The van der Waals surface area contributed by atoms with E-state index in [0.717, 1.165) is 88.2 Å². The lowest BCUT2D eigenvalue weighted by molar-refractivity contribution is 0.160. The molecule has 0 saturated carbocycles. The van der Waals surface area contributed by atoms with Gasteiger partial charge >= 0.3 is 0 Å². The van der Waals surface area contributed by atoms with E-state index in [4.69, 9.17) is 37.2 Å². The molecule has 2 heterocycles. The number of nitrogens with two attached hydrogens (primary N) is 1. The predicted molar refractivity (Wildman–Crippen MR) is 183 cm³/mol. The van der Waals surface area contributed by atoms with Gasteiger partial charge in [0, 0.05) is 31.9 Å². The zero-order valence-electron chi connectivity index (χ0n) is 27.4. The number of amidine groups is 1. The van der Waals surface area contributed by atoms with Crippen LogP contribution in [0, 0.1) is 18.4 Å². The molecule has 2 saturated heterocycles. The quantitative estimate of drug-likeness (QED) is 0.0446. The number of piperidine rings is 2. The second kappa shape index (κ2) is 22.2. The van der Waals surface area contributed by atoms with Crippen LogP contribution in [0.2, 0.25) is 0 Å². The first-order valence-electron chi connectivity index (χ1n) is 17.0. The zero-order valence-corrected chi connectivity index (χ0v) is 27.4. The maximum Gasteiger partial charge on any atom is 0.187 e. The number of benzene rings is 2. The topological polar surface area (TPSA) is 128 Å². The van der Waals surface area contributed by atoms with Gasteiger partial charge in [-0.05, 0) is 139 Å². The van der Waals surface area contributed by atoms with Crippen molar-refractivity contribution in [1.29, 1.82) is 0 Å². The van der Waals surface area contributed by atoms with E-state index >= 15 is 0 Å². The number of aliphatic hydroxyl groups is 2. The third-order valence-electron chi connectivity index (χ3n) is 8.95. The molecule has 46 heavy (non-hydrogen) atoms. The Morgan fingerprint density at radius 3 is 1.57 bits per heavy atom. The first-order chi connectivity index (χ1) is 22.5. The van der Waals surface area contributed by atoms with E-state index in [1.165, 1.54) is 45.2 Å². The first-order valence-corrected chi connectivity index (χ1v) is 17.0.